The van der Waals surface area contributed by atoms with Gasteiger partial charge in [-0.05, 0) is 24.3 Å². The fraction of sp³-hybridized carbons (Fsp3) is 0.533. The molecule has 0 amide bonds. The average Bonchev–Trinajstić information content (AvgIpc) is 2.80. The number of rotatable bonds is 7. The molecule has 2 aromatic rings. The molecule has 6 nitrogen and oxygen atoms in total. The Bertz CT molecular complexity index is 634. The highest BCUT2D eigenvalue weighted by atomic mass is 16.4. The van der Waals surface area contributed by atoms with E-state index in [2.05, 4.69) is 29.1 Å². The summed E-state index contributed by atoms with van der Waals surface area (Å²) < 4.78 is 1.96. The lowest BCUT2D eigenvalue weighted by molar-refractivity contribution is -0.137. The summed E-state index contributed by atoms with van der Waals surface area (Å²) in [5.41, 5.74) is 1.89. The lowest BCUT2D eigenvalue weighted by atomic mass is 9.84. The lowest BCUT2D eigenvalue weighted by Crippen LogP contribution is -2.18. The quantitative estimate of drug-likeness (QED) is 0.819. The molecule has 0 aliphatic heterocycles. The first-order valence-electron chi connectivity index (χ1n) is 7.11. The highest BCUT2D eigenvalue weighted by Gasteiger charge is 2.19. The van der Waals surface area contributed by atoms with Crippen LogP contribution in [0.2, 0.25) is 0 Å². The van der Waals surface area contributed by atoms with Crippen molar-refractivity contribution in [1.82, 2.24) is 14.5 Å². The number of carboxylic acids is 1. The number of nitrogens with one attached hydrogen (secondary N) is 1. The minimum atomic E-state index is -0.740. The molecule has 0 radical (unpaired) electrons. The minimum Gasteiger partial charge on any atom is -0.481 e. The predicted octanol–water partition coefficient (Wildman–Crippen LogP) is 2.66. The number of hydrogen-bond donors (Lipinski definition) is 2. The maximum Gasteiger partial charge on any atom is 0.303 e. The Morgan fingerprint density at radius 3 is 2.86 bits per heavy atom. The van der Waals surface area contributed by atoms with Crippen LogP contribution in [-0.2, 0) is 11.8 Å². The van der Waals surface area contributed by atoms with Crippen LogP contribution in [0.15, 0.2) is 18.6 Å². The van der Waals surface area contributed by atoms with Crippen LogP contribution in [0.25, 0.3) is 11.0 Å². The molecule has 0 bridgehead atoms. The molecular weight excluding hydrogens is 268 g/mol. The van der Waals surface area contributed by atoms with Crippen molar-refractivity contribution in [3.63, 3.8) is 0 Å². The summed E-state index contributed by atoms with van der Waals surface area (Å²) in [5, 5.41) is 12.1. The van der Waals surface area contributed by atoms with E-state index in [-0.39, 0.29) is 11.8 Å². The normalized spacial score (nSPS) is 11.8. The van der Waals surface area contributed by atoms with Crippen molar-refractivity contribution in [2.45, 2.75) is 33.1 Å². The summed E-state index contributed by atoms with van der Waals surface area (Å²) in [5.74, 6) is 0.0399. The number of aryl methyl sites for hydroxylation is 1. The molecular formula is C15H22N4O2. The number of nitrogens with zero attached hydrogens (tertiary/aromatic N) is 3. The van der Waals surface area contributed by atoms with Crippen molar-refractivity contribution >= 4 is 22.8 Å². The van der Waals surface area contributed by atoms with Crippen LogP contribution in [0.1, 0.15) is 33.1 Å². The van der Waals surface area contributed by atoms with E-state index in [1.807, 2.05) is 17.7 Å². The fourth-order valence-electron chi connectivity index (χ4n) is 2.28. The Morgan fingerprint density at radius 2 is 2.14 bits per heavy atom. The van der Waals surface area contributed by atoms with Crippen LogP contribution in [0.3, 0.4) is 0 Å². The Hall–Kier alpha value is -2.11. The van der Waals surface area contributed by atoms with E-state index in [0.717, 1.165) is 29.8 Å². The van der Waals surface area contributed by atoms with Crippen molar-refractivity contribution in [1.29, 1.82) is 0 Å². The molecule has 0 unspecified atom stereocenters. The highest BCUT2D eigenvalue weighted by molar-refractivity contribution is 5.85. The van der Waals surface area contributed by atoms with Crippen LogP contribution in [0.4, 0.5) is 5.82 Å². The topological polar surface area (TPSA) is 80.0 Å². The number of carbonyl (C=O) groups is 1. The third kappa shape index (κ3) is 3.93. The molecule has 0 spiro atoms. The second-order valence-electron chi connectivity index (χ2n) is 6.12. The number of aromatic nitrogens is 3. The lowest BCUT2D eigenvalue weighted by Gasteiger charge is -2.24. The third-order valence-corrected chi connectivity index (χ3v) is 3.75. The van der Waals surface area contributed by atoms with E-state index in [0.29, 0.717) is 6.42 Å². The van der Waals surface area contributed by atoms with Gasteiger partial charge in [0.05, 0.1) is 11.8 Å². The molecule has 2 heterocycles. The number of pyridine rings is 1. The van der Waals surface area contributed by atoms with Gasteiger partial charge in [-0.2, -0.15) is 0 Å². The van der Waals surface area contributed by atoms with Crippen LogP contribution in [0, 0.1) is 5.41 Å². The zero-order valence-electron chi connectivity index (χ0n) is 12.8. The average molecular weight is 290 g/mol. The standard InChI is InChI=1S/C15H22N4O2/c1-15(2,6-4-12(20)21)7-9-17-14-13-11(5-8-16-14)19(3)10-18-13/h5,8,10H,4,6-7,9H2,1-3H3,(H,16,17)(H,20,21). The predicted molar refractivity (Wildman–Crippen MR) is 82.3 cm³/mol. The fourth-order valence-corrected chi connectivity index (χ4v) is 2.28. The van der Waals surface area contributed by atoms with Gasteiger partial charge in [-0.15, -0.1) is 0 Å². The van der Waals surface area contributed by atoms with Gasteiger partial charge in [0.15, 0.2) is 5.82 Å². The summed E-state index contributed by atoms with van der Waals surface area (Å²) >= 11 is 0. The van der Waals surface area contributed by atoms with Crippen molar-refractivity contribution in [2.24, 2.45) is 12.5 Å². The Morgan fingerprint density at radius 1 is 1.38 bits per heavy atom. The molecule has 0 saturated carbocycles. The van der Waals surface area contributed by atoms with Gasteiger partial charge >= 0.3 is 5.97 Å². The van der Waals surface area contributed by atoms with Gasteiger partial charge in [-0.3, -0.25) is 4.79 Å². The van der Waals surface area contributed by atoms with Gasteiger partial charge in [-0.25, -0.2) is 9.97 Å². The summed E-state index contributed by atoms with van der Waals surface area (Å²) in [7, 11) is 1.95. The second-order valence-corrected chi connectivity index (χ2v) is 6.12. The highest BCUT2D eigenvalue weighted by Crippen LogP contribution is 2.27. The number of anilines is 1. The van der Waals surface area contributed by atoms with Crippen LogP contribution < -0.4 is 5.32 Å². The van der Waals surface area contributed by atoms with E-state index in [1.165, 1.54) is 0 Å². The van der Waals surface area contributed by atoms with Crippen molar-refractivity contribution < 1.29 is 9.90 Å². The van der Waals surface area contributed by atoms with Gasteiger partial charge in [0.1, 0.15) is 5.52 Å². The van der Waals surface area contributed by atoms with Crippen LogP contribution in [-0.4, -0.2) is 32.2 Å². The molecule has 0 aromatic carbocycles. The molecule has 0 atom stereocenters. The van der Waals surface area contributed by atoms with Gasteiger partial charge < -0.3 is 15.0 Å². The van der Waals surface area contributed by atoms with Gasteiger partial charge in [0.25, 0.3) is 0 Å². The van der Waals surface area contributed by atoms with Crippen LogP contribution >= 0.6 is 0 Å². The summed E-state index contributed by atoms with van der Waals surface area (Å²) in [6, 6.07) is 1.93. The number of hydrogen-bond acceptors (Lipinski definition) is 4. The van der Waals surface area contributed by atoms with E-state index >= 15 is 0 Å². The van der Waals surface area contributed by atoms with Gasteiger partial charge in [0.2, 0.25) is 0 Å². The second kappa shape index (κ2) is 6.11. The third-order valence-electron chi connectivity index (χ3n) is 3.75. The maximum atomic E-state index is 10.7. The Balaban J connectivity index is 1.94. The first-order valence-corrected chi connectivity index (χ1v) is 7.11. The van der Waals surface area contributed by atoms with Crippen molar-refractivity contribution in [2.75, 3.05) is 11.9 Å². The van der Waals surface area contributed by atoms with E-state index in [4.69, 9.17) is 5.11 Å². The smallest absolute Gasteiger partial charge is 0.303 e. The van der Waals surface area contributed by atoms with E-state index in [1.54, 1.807) is 12.5 Å². The molecule has 0 saturated heterocycles. The summed E-state index contributed by atoms with van der Waals surface area (Å²) in [4.78, 5) is 19.3. The number of fused-ring (bicyclic) bond motifs is 1. The molecule has 2 aromatic heterocycles. The molecule has 0 aliphatic carbocycles. The molecule has 2 rings (SSSR count). The summed E-state index contributed by atoms with van der Waals surface area (Å²) in [6.45, 7) is 4.92. The first kappa shape index (κ1) is 15.3. The molecule has 2 N–H and O–H groups in total. The van der Waals surface area contributed by atoms with Crippen molar-refractivity contribution in [3.8, 4) is 0 Å². The largest absolute Gasteiger partial charge is 0.481 e. The Kier molecular flexibility index (Phi) is 4.45. The molecule has 21 heavy (non-hydrogen) atoms. The molecule has 6 heteroatoms. The molecule has 0 aliphatic rings. The zero-order valence-corrected chi connectivity index (χ0v) is 12.8. The summed E-state index contributed by atoms with van der Waals surface area (Å²) in [6.07, 6.45) is 5.30. The first-order chi connectivity index (χ1) is 9.89. The number of imidazole rings is 1. The molecule has 114 valence electrons. The van der Waals surface area contributed by atoms with Crippen LogP contribution in [0.5, 0.6) is 0 Å². The Labute approximate surface area is 124 Å². The minimum absolute atomic E-state index is 0.0105. The number of aliphatic carboxylic acids is 1. The van der Waals surface area contributed by atoms with Gasteiger partial charge in [-0.1, -0.05) is 13.8 Å². The monoisotopic (exact) mass is 290 g/mol. The van der Waals surface area contributed by atoms with Crippen molar-refractivity contribution in [3.05, 3.63) is 18.6 Å². The zero-order chi connectivity index (χ0) is 15.5. The van der Waals surface area contributed by atoms with E-state index < -0.39 is 5.97 Å². The SMILES string of the molecule is Cn1cnc2c(NCCC(C)(C)CCC(=O)O)nccc21. The molecule has 0 fully saturated rings. The van der Waals surface area contributed by atoms with Gasteiger partial charge in [0, 0.05) is 26.2 Å². The van der Waals surface area contributed by atoms with E-state index in [9.17, 15) is 4.79 Å². The maximum absolute atomic E-state index is 10.7. The number of carboxylic acid groups (broad SMARTS) is 1.